The molecule has 6 heteroatoms. The van der Waals surface area contributed by atoms with Crippen molar-refractivity contribution in [1.29, 1.82) is 0 Å². The topological polar surface area (TPSA) is 46.6 Å². The van der Waals surface area contributed by atoms with E-state index in [0.29, 0.717) is 22.2 Å². The van der Waals surface area contributed by atoms with Crippen molar-refractivity contribution in [3.05, 3.63) is 69.7 Å². The summed E-state index contributed by atoms with van der Waals surface area (Å²) in [5.41, 5.74) is 2.65. The fraction of sp³-hybridized carbons (Fsp3) is 0.158. The second-order valence-electron chi connectivity index (χ2n) is 5.53. The predicted octanol–water partition coefficient (Wildman–Crippen LogP) is 4.14. The lowest BCUT2D eigenvalue weighted by Crippen LogP contribution is -2.33. The van der Waals surface area contributed by atoms with E-state index in [9.17, 15) is 9.59 Å². The summed E-state index contributed by atoms with van der Waals surface area (Å²) in [5.74, 6) is -0.844. The molecule has 2 aromatic carbocycles. The second kappa shape index (κ2) is 7.72. The average Bonchev–Trinajstić information content (AvgIpc) is 3.03. The summed E-state index contributed by atoms with van der Waals surface area (Å²) in [4.78, 5) is 25.7. The normalized spacial score (nSPS) is 13.1. The summed E-state index contributed by atoms with van der Waals surface area (Å²) < 4.78 is 5.03. The van der Waals surface area contributed by atoms with Crippen LogP contribution in [0, 0.1) is 0 Å². The molecule has 0 radical (unpaired) electrons. The Bertz CT molecular complexity index is 848. The third-order valence-corrected chi connectivity index (χ3v) is 4.45. The van der Waals surface area contributed by atoms with Gasteiger partial charge in [-0.15, -0.1) is 0 Å². The molecule has 0 bridgehead atoms. The van der Waals surface area contributed by atoms with Crippen molar-refractivity contribution < 1.29 is 14.3 Å². The number of carbonyl (C=O) groups is 2. The number of carbonyl (C=O) groups excluding carboxylic acids is 2. The highest BCUT2D eigenvalue weighted by molar-refractivity contribution is 6.35. The van der Waals surface area contributed by atoms with Gasteiger partial charge in [0.1, 0.15) is 0 Å². The lowest BCUT2D eigenvalue weighted by Gasteiger charge is -2.16. The van der Waals surface area contributed by atoms with Crippen molar-refractivity contribution in [1.82, 2.24) is 0 Å². The quantitative estimate of drug-likeness (QED) is 0.595. The molecule has 0 aromatic heterocycles. The molecule has 4 nitrogen and oxygen atoms in total. The number of hydrogen-bond donors (Lipinski definition) is 0. The molecule has 0 unspecified atom stereocenters. The summed E-state index contributed by atoms with van der Waals surface area (Å²) in [6.45, 7) is 0.303. The van der Waals surface area contributed by atoms with Gasteiger partial charge in [0.05, 0.1) is 0 Å². The molecular weight excluding hydrogens is 361 g/mol. The number of rotatable bonds is 4. The van der Waals surface area contributed by atoms with Crippen molar-refractivity contribution in [2.24, 2.45) is 0 Å². The van der Waals surface area contributed by atoms with Gasteiger partial charge in [-0.25, -0.2) is 4.79 Å². The van der Waals surface area contributed by atoms with Crippen LogP contribution in [0.3, 0.4) is 0 Å². The van der Waals surface area contributed by atoms with Crippen molar-refractivity contribution >= 4 is 46.8 Å². The van der Waals surface area contributed by atoms with E-state index >= 15 is 0 Å². The van der Waals surface area contributed by atoms with Crippen LogP contribution in [0.2, 0.25) is 10.0 Å². The van der Waals surface area contributed by atoms with Crippen LogP contribution in [0.4, 0.5) is 5.69 Å². The zero-order valence-corrected chi connectivity index (χ0v) is 14.8. The van der Waals surface area contributed by atoms with E-state index in [4.69, 9.17) is 27.9 Å². The molecular formula is C19H15Cl2NO3. The van der Waals surface area contributed by atoms with Crippen molar-refractivity contribution in [3.8, 4) is 0 Å². The van der Waals surface area contributed by atoms with Crippen molar-refractivity contribution in [2.45, 2.75) is 6.42 Å². The van der Waals surface area contributed by atoms with Gasteiger partial charge >= 0.3 is 5.97 Å². The maximum Gasteiger partial charge on any atom is 0.331 e. The van der Waals surface area contributed by atoms with Crippen LogP contribution in [0.5, 0.6) is 0 Å². The number of para-hydroxylation sites is 1. The van der Waals surface area contributed by atoms with Crippen LogP contribution in [0.25, 0.3) is 6.08 Å². The Labute approximate surface area is 155 Å². The standard InChI is InChI=1S/C19H15Cl2NO3/c20-15-7-5-13(16(21)11-15)6-8-19(24)25-12-18(23)22-10-9-14-3-1-2-4-17(14)22/h1-8,11H,9-10,12H2/b8-6+. The van der Waals surface area contributed by atoms with Crippen molar-refractivity contribution in [2.75, 3.05) is 18.1 Å². The molecule has 3 rings (SSSR count). The van der Waals surface area contributed by atoms with E-state index in [1.807, 2.05) is 24.3 Å². The Hall–Kier alpha value is -2.30. The zero-order chi connectivity index (χ0) is 17.8. The molecule has 0 aliphatic carbocycles. The van der Waals surface area contributed by atoms with Crippen LogP contribution in [0.15, 0.2) is 48.5 Å². The van der Waals surface area contributed by atoms with E-state index < -0.39 is 5.97 Å². The molecule has 1 aliphatic heterocycles. The summed E-state index contributed by atoms with van der Waals surface area (Å²) in [6, 6.07) is 12.7. The number of hydrogen-bond acceptors (Lipinski definition) is 3. The summed E-state index contributed by atoms with van der Waals surface area (Å²) in [5, 5.41) is 0.947. The van der Waals surface area contributed by atoms with Crippen LogP contribution >= 0.6 is 23.2 Å². The molecule has 128 valence electrons. The maximum atomic E-state index is 12.3. The van der Waals surface area contributed by atoms with Gasteiger partial charge in [-0.1, -0.05) is 47.5 Å². The molecule has 2 aromatic rings. The Morgan fingerprint density at radius 2 is 1.96 bits per heavy atom. The number of nitrogens with zero attached hydrogens (tertiary/aromatic N) is 1. The fourth-order valence-corrected chi connectivity index (χ4v) is 3.12. The average molecular weight is 376 g/mol. The van der Waals surface area contributed by atoms with Crippen LogP contribution in [-0.2, 0) is 20.7 Å². The highest BCUT2D eigenvalue weighted by Crippen LogP contribution is 2.27. The minimum atomic E-state index is -0.605. The van der Waals surface area contributed by atoms with Gasteiger partial charge in [-0.2, -0.15) is 0 Å². The molecule has 1 aliphatic rings. The van der Waals surface area contributed by atoms with Gasteiger partial charge in [-0.05, 0) is 41.8 Å². The van der Waals surface area contributed by atoms with Crippen molar-refractivity contribution in [3.63, 3.8) is 0 Å². The SMILES string of the molecule is O=C(/C=C/c1ccc(Cl)cc1Cl)OCC(=O)N1CCc2ccccc21. The second-order valence-corrected chi connectivity index (χ2v) is 6.37. The first-order valence-electron chi connectivity index (χ1n) is 7.73. The van der Waals surface area contributed by atoms with E-state index in [-0.39, 0.29) is 12.5 Å². The largest absolute Gasteiger partial charge is 0.452 e. The first-order valence-corrected chi connectivity index (χ1v) is 8.48. The lowest BCUT2D eigenvalue weighted by molar-refractivity contribution is -0.142. The van der Waals surface area contributed by atoms with Gasteiger partial charge in [0.25, 0.3) is 5.91 Å². The van der Waals surface area contributed by atoms with E-state index in [1.165, 1.54) is 12.2 Å². The Morgan fingerprint density at radius 1 is 1.16 bits per heavy atom. The summed E-state index contributed by atoms with van der Waals surface area (Å²) in [7, 11) is 0. The summed E-state index contributed by atoms with van der Waals surface area (Å²) in [6.07, 6.45) is 3.57. The first-order chi connectivity index (χ1) is 12.0. The monoisotopic (exact) mass is 375 g/mol. The molecule has 0 saturated carbocycles. The van der Waals surface area contributed by atoms with Gasteiger partial charge in [0, 0.05) is 28.4 Å². The maximum absolute atomic E-state index is 12.3. The minimum Gasteiger partial charge on any atom is -0.452 e. The number of halogens is 2. The highest BCUT2D eigenvalue weighted by atomic mass is 35.5. The minimum absolute atomic E-state index is 0.240. The molecule has 0 N–H and O–H groups in total. The van der Waals surface area contributed by atoms with E-state index in [1.54, 1.807) is 23.1 Å². The van der Waals surface area contributed by atoms with Gasteiger partial charge in [0.2, 0.25) is 0 Å². The number of anilines is 1. The first kappa shape index (κ1) is 17.5. The smallest absolute Gasteiger partial charge is 0.331 e. The molecule has 1 heterocycles. The van der Waals surface area contributed by atoms with E-state index in [2.05, 4.69) is 0 Å². The lowest BCUT2D eigenvalue weighted by atomic mass is 10.2. The highest BCUT2D eigenvalue weighted by Gasteiger charge is 2.24. The molecule has 1 amide bonds. The van der Waals surface area contributed by atoms with Gasteiger partial charge in [0.15, 0.2) is 6.61 Å². The zero-order valence-electron chi connectivity index (χ0n) is 13.2. The van der Waals surface area contributed by atoms with Gasteiger partial charge in [-0.3, -0.25) is 4.79 Å². The van der Waals surface area contributed by atoms with Crippen LogP contribution < -0.4 is 4.90 Å². The number of fused-ring (bicyclic) bond motifs is 1. The fourth-order valence-electron chi connectivity index (χ4n) is 2.65. The van der Waals surface area contributed by atoms with E-state index in [0.717, 1.165) is 17.7 Å². The number of esters is 1. The molecule has 25 heavy (non-hydrogen) atoms. The molecule has 0 spiro atoms. The molecule has 0 atom stereocenters. The predicted molar refractivity (Wildman–Crippen MR) is 99.0 cm³/mol. The Balaban J connectivity index is 1.56. The number of ether oxygens (including phenoxy) is 1. The number of benzene rings is 2. The van der Waals surface area contributed by atoms with Crippen LogP contribution in [-0.4, -0.2) is 25.0 Å². The third kappa shape index (κ3) is 4.21. The van der Waals surface area contributed by atoms with Gasteiger partial charge < -0.3 is 9.64 Å². The summed E-state index contributed by atoms with van der Waals surface area (Å²) >= 11 is 11.8. The Kier molecular flexibility index (Phi) is 5.41. The molecule has 0 saturated heterocycles. The van der Waals surface area contributed by atoms with Crippen LogP contribution in [0.1, 0.15) is 11.1 Å². The number of amides is 1. The molecule has 0 fully saturated rings. The third-order valence-electron chi connectivity index (χ3n) is 3.89. The Morgan fingerprint density at radius 3 is 2.76 bits per heavy atom.